The maximum atomic E-state index is 13.1. The Morgan fingerprint density at radius 3 is 2.32 bits per heavy atom. The fourth-order valence-electron chi connectivity index (χ4n) is 3.76. The minimum Gasteiger partial charge on any atom is -0.494 e. The molecule has 1 amide bonds. The van der Waals surface area contributed by atoms with Crippen molar-refractivity contribution in [2.75, 3.05) is 18.5 Å². The molecular weight excluding hydrogens is 428 g/mol. The van der Waals surface area contributed by atoms with E-state index in [2.05, 4.69) is 5.32 Å². The van der Waals surface area contributed by atoms with Crippen LogP contribution in [0, 0.1) is 13.8 Å². The minimum atomic E-state index is -0.564. The third kappa shape index (κ3) is 5.07. The zero-order chi connectivity index (χ0) is 24.1. The largest absolute Gasteiger partial charge is 0.494 e. The number of pyridine rings is 1. The summed E-state index contributed by atoms with van der Waals surface area (Å²) in [4.78, 5) is 30.3. The van der Waals surface area contributed by atoms with Gasteiger partial charge in [0, 0.05) is 16.6 Å². The molecule has 0 spiro atoms. The van der Waals surface area contributed by atoms with E-state index in [1.165, 1.54) is 0 Å². The quantitative estimate of drug-likeness (QED) is 0.362. The number of ether oxygens (including phenoxy) is 2. The average molecular weight is 455 g/mol. The molecule has 0 atom stereocenters. The Balaban J connectivity index is 1.55. The maximum Gasteiger partial charge on any atom is 0.339 e. The standard InChI is InChI=1S/C28H26N2O4/c1-4-33-22-15-13-21(14-16-22)29-25(31)17-34-28(32)26-19(3)27(20-11-9-18(2)10-12-20)30-24-8-6-5-7-23(24)26/h5-16H,4,17H2,1-3H3,(H,29,31). The Morgan fingerprint density at radius 2 is 1.62 bits per heavy atom. The van der Waals surface area contributed by atoms with Crippen LogP contribution in [0.3, 0.4) is 0 Å². The predicted octanol–water partition coefficient (Wildman–Crippen LogP) is 5.71. The molecule has 0 aliphatic rings. The number of benzene rings is 3. The normalized spacial score (nSPS) is 10.7. The number of para-hydroxylation sites is 1. The van der Waals surface area contributed by atoms with Gasteiger partial charge in [-0.05, 0) is 56.7 Å². The van der Waals surface area contributed by atoms with Crippen LogP contribution in [-0.4, -0.2) is 30.1 Å². The molecule has 0 aliphatic carbocycles. The summed E-state index contributed by atoms with van der Waals surface area (Å²) >= 11 is 0. The first-order valence-electron chi connectivity index (χ1n) is 11.1. The van der Waals surface area contributed by atoms with Gasteiger partial charge < -0.3 is 14.8 Å². The van der Waals surface area contributed by atoms with Gasteiger partial charge in [-0.25, -0.2) is 9.78 Å². The smallest absolute Gasteiger partial charge is 0.339 e. The lowest BCUT2D eigenvalue weighted by atomic mass is 9.97. The van der Waals surface area contributed by atoms with E-state index in [9.17, 15) is 9.59 Å². The second-order valence-electron chi connectivity index (χ2n) is 7.93. The lowest BCUT2D eigenvalue weighted by molar-refractivity contribution is -0.119. The van der Waals surface area contributed by atoms with Gasteiger partial charge in [0.05, 0.1) is 23.4 Å². The average Bonchev–Trinajstić information content (AvgIpc) is 2.84. The van der Waals surface area contributed by atoms with Gasteiger partial charge in [0.15, 0.2) is 6.61 Å². The van der Waals surface area contributed by atoms with E-state index >= 15 is 0 Å². The number of anilines is 1. The van der Waals surface area contributed by atoms with Crippen LogP contribution in [0.1, 0.15) is 28.4 Å². The van der Waals surface area contributed by atoms with Crippen molar-refractivity contribution in [2.24, 2.45) is 0 Å². The van der Waals surface area contributed by atoms with Gasteiger partial charge in [0.2, 0.25) is 0 Å². The Kier molecular flexibility index (Phi) is 6.87. The highest BCUT2D eigenvalue weighted by atomic mass is 16.5. The third-order valence-electron chi connectivity index (χ3n) is 5.45. The number of carbonyl (C=O) groups is 2. The highest BCUT2D eigenvalue weighted by Crippen LogP contribution is 2.30. The van der Waals surface area contributed by atoms with Gasteiger partial charge in [-0.3, -0.25) is 4.79 Å². The summed E-state index contributed by atoms with van der Waals surface area (Å²) in [7, 11) is 0. The molecule has 0 radical (unpaired) electrons. The van der Waals surface area contributed by atoms with E-state index < -0.39 is 18.5 Å². The number of hydrogen-bond acceptors (Lipinski definition) is 5. The van der Waals surface area contributed by atoms with E-state index in [0.717, 1.165) is 16.9 Å². The van der Waals surface area contributed by atoms with Crippen LogP contribution >= 0.6 is 0 Å². The number of aromatic nitrogens is 1. The van der Waals surface area contributed by atoms with Crippen LogP contribution < -0.4 is 10.1 Å². The summed E-state index contributed by atoms with van der Waals surface area (Å²) in [5.41, 5.74) is 5.17. The Labute approximate surface area is 198 Å². The number of nitrogens with zero attached hydrogens (tertiary/aromatic N) is 1. The fourth-order valence-corrected chi connectivity index (χ4v) is 3.76. The predicted molar refractivity (Wildman–Crippen MR) is 133 cm³/mol. The summed E-state index contributed by atoms with van der Waals surface area (Å²) in [6.07, 6.45) is 0. The fraction of sp³-hybridized carbons (Fsp3) is 0.179. The van der Waals surface area contributed by atoms with E-state index in [-0.39, 0.29) is 0 Å². The summed E-state index contributed by atoms with van der Waals surface area (Å²) in [5.74, 6) is -0.269. The SMILES string of the molecule is CCOc1ccc(NC(=O)COC(=O)c2c(C)c(-c3ccc(C)cc3)nc3ccccc23)cc1. The van der Waals surface area contributed by atoms with Crippen molar-refractivity contribution in [2.45, 2.75) is 20.8 Å². The number of hydrogen-bond donors (Lipinski definition) is 1. The Morgan fingerprint density at radius 1 is 0.912 bits per heavy atom. The number of aryl methyl sites for hydroxylation is 1. The number of carbonyl (C=O) groups excluding carboxylic acids is 2. The molecule has 0 bridgehead atoms. The number of esters is 1. The lowest BCUT2D eigenvalue weighted by Crippen LogP contribution is -2.21. The van der Waals surface area contributed by atoms with E-state index in [1.807, 2.05) is 69.3 Å². The molecule has 3 aromatic carbocycles. The molecule has 4 aromatic rings. The van der Waals surface area contributed by atoms with Gasteiger partial charge in [0.1, 0.15) is 5.75 Å². The monoisotopic (exact) mass is 454 g/mol. The van der Waals surface area contributed by atoms with Crippen LogP contribution in [0.4, 0.5) is 5.69 Å². The van der Waals surface area contributed by atoms with Gasteiger partial charge in [-0.1, -0.05) is 48.0 Å². The Bertz CT molecular complexity index is 1330. The Hall–Kier alpha value is -4.19. The van der Waals surface area contributed by atoms with Gasteiger partial charge in [-0.15, -0.1) is 0 Å². The molecule has 0 saturated heterocycles. The summed E-state index contributed by atoms with van der Waals surface area (Å²) < 4.78 is 10.8. The molecule has 1 N–H and O–H groups in total. The van der Waals surface area contributed by atoms with Crippen molar-refractivity contribution < 1.29 is 19.1 Å². The van der Waals surface area contributed by atoms with E-state index in [4.69, 9.17) is 14.5 Å². The maximum absolute atomic E-state index is 13.1. The first kappa shape index (κ1) is 23.0. The van der Waals surface area contributed by atoms with Crippen LogP contribution in [0.2, 0.25) is 0 Å². The van der Waals surface area contributed by atoms with Gasteiger partial charge in [0.25, 0.3) is 5.91 Å². The molecule has 172 valence electrons. The topological polar surface area (TPSA) is 77.5 Å². The lowest BCUT2D eigenvalue weighted by Gasteiger charge is -2.14. The molecule has 0 aliphatic heterocycles. The second kappa shape index (κ2) is 10.2. The molecule has 0 unspecified atom stereocenters. The molecular formula is C28H26N2O4. The van der Waals surface area contributed by atoms with Crippen molar-refractivity contribution in [1.29, 1.82) is 0 Å². The molecule has 1 heterocycles. The minimum absolute atomic E-state index is 0.401. The van der Waals surface area contributed by atoms with Crippen molar-refractivity contribution in [3.63, 3.8) is 0 Å². The molecule has 34 heavy (non-hydrogen) atoms. The molecule has 4 rings (SSSR count). The number of amides is 1. The van der Waals surface area contributed by atoms with Crippen molar-refractivity contribution in [3.8, 4) is 17.0 Å². The molecule has 6 nitrogen and oxygen atoms in total. The zero-order valence-electron chi connectivity index (χ0n) is 19.4. The zero-order valence-corrected chi connectivity index (χ0v) is 19.4. The number of rotatable bonds is 7. The van der Waals surface area contributed by atoms with Crippen molar-refractivity contribution >= 4 is 28.5 Å². The highest BCUT2D eigenvalue weighted by molar-refractivity contribution is 6.07. The summed E-state index contributed by atoms with van der Waals surface area (Å²) in [6.45, 7) is 5.94. The van der Waals surface area contributed by atoms with Crippen LogP contribution in [0.15, 0.2) is 72.8 Å². The first-order valence-corrected chi connectivity index (χ1v) is 11.1. The number of nitrogens with one attached hydrogen (secondary N) is 1. The van der Waals surface area contributed by atoms with Crippen LogP contribution in [0.5, 0.6) is 5.75 Å². The number of fused-ring (bicyclic) bond motifs is 1. The van der Waals surface area contributed by atoms with Crippen LogP contribution in [-0.2, 0) is 9.53 Å². The van der Waals surface area contributed by atoms with Crippen molar-refractivity contribution in [1.82, 2.24) is 4.98 Å². The molecule has 0 saturated carbocycles. The third-order valence-corrected chi connectivity index (χ3v) is 5.45. The molecule has 6 heteroatoms. The van der Waals surface area contributed by atoms with Crippen molar-refractivity contribution in [3.05, 3.63) is 89.5 Å². The van der Waals surface area contributed by atoms with E-state index in [1.54, 1.807) is 24.3 Å². The molecule has 1 aromatic heterocycles. The van der Waals surface area contributed by atoms with E-state index in [0.29, 0.717) is 40.0 Å². The second-order valence-corrected chi connectivity index (χ2v) is 7.93. The summed E-state index contributed by atoms with van der Waals surface area (Å²) in [5, 5.41) is 3.42. The summed E-state index contributed by atoms with van der Waals surface area (Å²) in [6, 6.07) is 22.4. The molecule has 0 fully saturated rings. The van der Waals surface area contributed by atoms with Gasteiger partial charge >= 0.3 is 5.97 Å². The van der Waals surface area contributed by atoms with Gasteiger partial charge in [-0.2, -0.15) is 0 Å². The first-order chi connectivity index (χ1) is 16.5. The highest BCUT2D eigenvalue weighted by Gasteiger charge is 2.21. The van der Waals surface area contributed by atoms with Crippen LogP contribution in [0.25, 0.3) is 22.2 Å².